The number of aromatic nitrogens is 1. The topological polar surface area (TPSA) is 46.3 Å². The molecule has 0 spiro atoms. The Hall–Kier alpha value is -2.36. The van der Waals surface area contributed by atoms with Gasteiger partial charge in [0.1, 0.15) is 5.76 Å². The molecular weight excluding hydrogens is 252 g/mol. The van der Waals surface area contributed by atoms with E-state index < -0.39 is 0 Å². The van der Waals surface area contributed by atoms with E-state index in [0.29, 0.717) is 18.3 Å². The molecule has 102 valence electrons. The fourth-order valence-corrected chi connectivity index (χ4v) is 2.09. The van der Waals surface area contributed by atoms with Gasteiger partial charge in [-0.05, 0) is 48.7 Å². The van der Waals surface area contributed by atoms with E-state index in [2.05, 4.69) is 4.98 Å². The third-order valence-electron chi connectivity index (χ3n) is 3.31. The summed E-state index contributed by atoms with van der Waals surface area (Å²) in [5.41, 5.74) is 1.10. The molecule has 1 aliphatic rings. The Labute approximate surface area is 117 Å². The van der Waals surface area contributed by atoms with Crippen molar-refractivity contribution < 1.29 is 9.21 Å². The molecule has 0 aromatic carbocycles. The van der Waals surface area contributed by atoms with E-state index in [-0.39, 0.29) is 5.91 Å². The number of amides is 1. The van der Waals surface area contributed by atoms with Gasteiger partial charge in [-0.3, -0.25) is 9.78 Å². The van der Waals surface area contributed by atoms with Gasteiger partial charge in [0.25, 0.3) is 0 Å². The molecule has 0 saturated heterocycles. The van der Waals surface area contributed by atoms with Gasteiger partial charge >= 0.3 is 0 Å². The average Bonchev–Trinajstić information content (AvgIpc) is 3.19. The minimum atomic E-state index is 0.0284. The molecule has 2 aromatic heterocycles. The van der Waals surface area contributed by atoms with E-state index in [1.807, 2.05) is 23.1 Å². The van der Waals surface area contributed by atoms with E-state index in [9.17, 15) is 4.79 Å². The fraction of sp³-hybridized carbons (Fsp3) is 0.250. The van der Waals surface area contributed by atoms with Gasteiger partial charge in [0.15, 0.2) is 0 Å². The van der Waals surface area contributed by atoms with Crippen LogP contribution in [0.25, 0.3) is 6.08 Å². The van der Waals surface area contributed by atoms with E-state index in [1.54, 1.807) is 36.9 Å². The molecule has 3 rings (SSSR count). The molecule has 1 aliphatic carbocycles. The maximum Gasteiger partial charge on any atom is 0.247 e. The number of carbonyl (C=O) groups is 1. The van der Waals surface area contributed by atoms with Crippen LogP contribution in [0.1, 0.15) is 24.2 Å². The number of carbonyl (C=O) groups excluding carboxylic acids is 1. The highest BCUT2D eigenvalue weighted by molar-refractivity contribution is 5.91. The summed E-state index contributed by atoms with van der Waals surface area (Å²) in [7, 11) is 0. The van der Waals surface area contributed by atoms with Gasteiger partial charge in [-0.1, -0.05) is 0 Å². The molecule has 0 N–H and O–H groups in total. The summed E-state index contributed by atoms with van der Waals surface area (Å²) in [6, 6.07) is 7.89. The number of hydrogen-bond donors (Lipinski definition) is 0. The van der Waals surface area contributed by atoms with Crippen LogP contribution in [-0.4, -0.2) is 21.8 Å². The smallest absolute Gasteiger partial charge is 0.247 e. The van der Waals surface area contributed by atoms with Crippen LogP contribution in [0.5, 0.6) is 0 Å². The minimum Gasteiger partial charge on any atom is -0.465 e. The lowest BCUT2D eigenvalue weighted by molar-refractivity contribution is -0.127. The highest BCUT2D eigenvalue weighted by atomic mass is 16.3. The molecule has 2 heterocycles. The van der Waals surface area contributed by atoms with Crippen molar-refractivity contribution in [2.24, 2.45) is 0 Å². The number of rotatable bonds is 5. The average molecular weight is 268 g/mol. The maximum absolute atomic E-state index is 12.3. The SMILES string of the molecule is O=C(/C=C/c1ccco1)N(Cc1ccncc1)C1CC1. The lowest BCUT2D eigenvalue weighted by Gasteiger charge is -2.20. The van der Waals surface area contributed by atoms with Gasteiger partial charge < -0.3 is 9.32 Å². The van der Waals surface area contributed by atoms with Crippen LogP contribution in [0.2, 0.25) is 0 Å². The number of nitrogens with zero attached hydrogens (tertiary/aromatic N) is 2. The normalized spacial score (nSPS) is 14.6. The van der Waals surface area contributed by atoms with Gasteiger partial charge in [-0.15, -0.1) is 0 Å². The van der Waals surface area contributed by atoms with Gasteiger partial charge in [0, 0.05) is 31.1 Å². The first kappa shape index (κ1) is 12.7. The van der Waals surface area contributed by atoms with Gasteiger partial charge in [0.05, 0.1) is 6.26 Å². The van der Waals surface area contributed by atoms with E-state index in [4.69, 9.17) is 4.42 Å². The van der Waals surface area contributed by atoms with Crippen LogP contribution < -0.4 is 0 Å². The summed E-state index contributed by atoms with van der Waals surface area (Å²) in [6.45, 7) is 0.633. The predicted molar refractivity (Wildman–Crippen MR) is 75.6 cm³/mol. The third kappa shape index (κ3) is 3.15. The zero-order valence-corrected chi connectivity index (χ0v) is 11.1. The van der Waals surface area contributed by atoms with Crippen LogP contribution in [-0.2, 0) is 11.3 Å². The van der Waals surface area contributed by atoms with Crippen LogP contribution in [0, 0.1) is 0 Å². The summed E-state index contributed by atoms with van der Waals surface area (Å²) in [5.74, 6) is 0.721. The van der Waals surface area contributed by atoms with E-state index in [1.165, 1.54) is 0 Å². The summed E-state index contributed by atoms with van der Waals surface area (Å²) < 4.78 is 5.19. The lowest BCUT2D eigenvalue weighted by atomic mass is 10.2. The van der Waals surface area contributed by atoms with Crippen LogP contribution in [0.15, 0.2) is 53.4 Å². The number of furan rings is 1. The molecule has 2 aromatic rings. The molecule has 4 heteroatoms. The molecular formula is C16H16N2O2. The molecule has 0 unspecified atom stereocenters. The first-order valence-corrected chi connectivity index (χ1v) is 6.74. The first-order chi connectivity index (χ1) is 9.83. The molecule has 1 saturated carbocycles. The van der Waals surface area contributed by atoms with Crippen molar-refractivity contribution in [1.82, 2.24) is 9.88 Å². The Morgan fingerprint density at radius 3 is 2.80 bits per heavy atom. The predicted octanol–water partition coefficient (Wildman–Crippen LogP) is 2.88. The second-order valence-corrected chi connectivity index (χ2v) is 4.90. The van der Waals surface area contributed by atoms with Crippen molar-refractivity contribution in [2.45, 2.75) is 25.4 Å². The highest BCUT2D eigenvalue weighted by Crippen LogP contribution is 2.28. The fourth-order valence-electron chi connectivity index (χ4n) is 2.09. The zero-order valence-electron chi connectivity index (χ0n) is 11.1. The second kappa shape index (κ2) is 5.74. The Balaban J connectivity index is 1.69. The Kier molecular flexibility index (Phi) is 3.63. The molecule has 0 bridgehead atoms. The van der Waals surface area contributed by atoms with Crippen molar-refractivity contribution in [2.75, 3.05) is 0 Å². The van der Waals surface area contributed by atoms with Crippen LogP contribution in [0.4, 0.5) is 0 Å². The van der Waals surface area contributed by atoms with Crippen molar-refractivity contribution in [1.29, 1.82) is 0 Å². The van der Waals surface area contributed by atoms with E-state index >= 15 is 0 Å². The van der Waals surface area contributed by atoms with Gasteiger partial charge in [-0.25, -0.2) is 0 Å². The Bertz CT molecular complexity index is 586. The van der Waals surface area contributed by atoms with Crippen LogP contribution >= 0.6 is 0 Å². The lowest BCUT2D eigenvalue weighted by Crippen LogP contribution is -2.31. The number of pyridine rings is 1. The largest absolute Gasteiger partial charge is 0.465 e. The maximum atomic E-state index is 12.3. The monoisotopic (exact) mass is 268 g/mol. The highest BCUT2D eigenvalue weighted by Gasteiger charge is 2.31. The van der Waals surface area contributed by atoms with E-state index in [0.717, 1.165) is 18.4 Å². The molecule has 1 amide bonds. The standard InChI is InChI=1S/C16H16N2O2/c19-16(6-5-15-2-1-11-20-15)18(14-3-4-14)12-13-7-9-17-10-8-13/h1-2,5-11,14H,3-4,12H2/b6-5+. The summed E-state index contributed by atoms with van der Waals surface area (Å²) >= 11 is 0. The third-order valence-corrected chi connectivity index (χ3v) is 3.31. The van der Waals surface area contributed by atoms with Crippen molar-refractivity contribution in [3.05, 3.63) is 60.3 Å². The summed E-state index contributed by atoms with van der Waals surface area (Å²) in [5, 5.41) is 0. The molecule has 0 atom stereocenters. The second-order valence-electron chi connectivity index (χ2n) is 4.90. The minimum absolute atomic E-state index is 0.0284. The quantitative estimate of drug-likeness (QED) is 0.783. The molecule has 4 nitrogen and oxygen atoms in total. The van der Waals surface area contributed by atoms with Gasteiger partial charge in [-0.2, -0.15) is 0 Å². The molecule has 0 radical (unpaired) electrons. The number of hydrogen-bond acceptors (Lipinski definition) is 3. The van der Waals surface area contributed by atoms with Gasteiger partial charge in [0.2, 0.25) is 5.91 Å². The zero-order chi connectivity index (χ0) is 13.8. The Morgan fingerprint density at radius 2 is 2.15 bits per heavy atom. The molecule has 20 heavy (non-hydrogen) atoms. The summed E-state index contributed by atoms with van der Waals surface area (Å²) in [6.07, 6.45) is 10.6. The summed E-state index contributed by atoms with van der Waals surface area (Å²) in [4.78, 5) is 18.2. The van der Waals surface area contributed by atoms with Crippen molar-refractivity contribution >= 4 is 12.0 Å². The van der Waals surface area contributed by atoms with Crippen LogP contribution in [0.3, 0.4) is 0 Å². The van der Waals surface area contributed by atoms with Crippen molar-refractivity contribution in [3.63, 3.8) is 0 Å². The van der Waals surface area contributed by atoms with Crippen molar-refractivity contribution in [3.8, 4) is 0 Å². The molecule has 1 fully saturated rings. The Morgan fingerprint density at radius 1 is 1.35 bits per heavy atom. The molecule has 0 aliphatic heterocycles. The first-order valence-electron chi connectivity index (χ1n) is 6.74.